The molecule has 0 bridgehead atoms. The number of nitriles is 1. The molecular formula is C15H7Cl2FN2. The number of hydrogen-bond donors (Lipinski definition) is 1. The Bertz CT molecular complexity index is 862. The SMILES string of the molecule is N#Cc1c(-c2ccc(Cl)c(Cl)c2)[nH]c2ccc(F)cc12. The third kappa shape index (κ3) is 2.03. The van der Waals surface area contributed by atoms with Gasteiger partial charge in [0.25, 0.3) is 0 Å². The summed E-state index contributed by atoms with van der Waals surface area (Å²) in [5.74, 6) is -0.381. The van der Waals surface area contributed by atoms with Gasteiger partial charge < -0.3 is 4.98 Å². The van der Waals surface area contributed by atoms with Crippen LogP contribution in [0.15, 0.2) is 36.4 Å². The van der Waals surface area contributed by atoms with Crippen LogP contribution in [0.5, 0.6) is 0 Å². The first kappa shape index (κ1) is 13.0. The zero-order valence-electron chi connectivity index (χ0n) is 10.0. The lowest BCUT2D eigenvalue weighted by Gasteiger charge is -2.01. The molecule has 1 N–H and O–H groups in total. The molecule has 3 aromatic rings. The molecule has 0 unspecified atom stereocenters. The minimum Gasteiger partial charge on any atom is -0.353 e. The predicted molar refractivity (Wildman–Crippen MR) is 78.4 cm³/mol. The second-order valence-corrected chi connectivity index (χ2v) is 5.12. The highest BCUT2D eigenvalue weighted by Crippen LogP contribution is 2.33. The molecular weight excluding hydrogens is 298 g/mol. The molecule has 0 aliphatic heterocycles. The molecule has 2 aromatic carbocycles. The average molecular weight is 305 g/mol. The van der Waals surface area contributed by atoms with Crippen LogP contribution < -0.4 is 0 Å². The number of hydrogen-bond acceptors (Lipinski definition) is 1. The van der Waals surface area contributed by atoms with Crippen LogP contribution >= 0.6 is 23.2 Å². The van der Waals surface area contributed by atoms with Gasteiger partial charge in [-0.2, -0.15) is 5.26 Å². The minimum atomic E-state index is -0.381. The van der Waals surface area contributed by atoms with Crippen molar-refractivity contribution in [2.24, 2.45) is 0 Å². The molecule has 0 saturated heterocycles. The van der Waals surface area contributed by atoms with Crippen LogP contribution in [0.3, 0.4) is 0 Å². The number of nitrogens with one attached hydrogen (secondary N) is 1. The van der Waals surface area contributed by atoms with Gasteiger partial charge in [0.1, 0.15) is 11.9 Å². The molecule has 2 nitrogen and oxygen atoms in total. The van der Waals surface area contributed by atoms with Gasteiger partial charge in [-0.05, 0) is 30.3 Å². The normalized spacial score (nSPS) is 10.7. The van der Waals surface area contributed by atoms with Gasteiger partial charge in [0.15, 0.2) is 0 Å². The topological polar surface area (TPSA) is 39.6 Å². The maximum atomic E-state index is 13.3. The van der Waals surface area contributed by atoms with Gasteiger partial charge in [0.2, 0.25) is 0 Å². The number of aromatic amines is 1. The molecule has 0 aliphatic carbocycles. The van der Waals surface area contributed by atoms with Crippen LogP contribution in [0.25, 0.3) is 22.2 Å². The Balaban J connectivity index is 2.31. The molecule has 5 heteroatoms. The molecule has 98 valence electrons. The van der Waals surface area contributed by atoms with Crippen LogP contribution in [0.2, 0.25) is 10.0 Å². The van der Waals surface area contributed by atoms with Gasteiger partial charge >= 0.3 is 0 Å². The maximum absolute atomic E-state index is 13.3. The summed E-state index contributed by atoms with van der Waals surface area (Å²) in [6.07, 6.45) is 0. The number of fused-ring (bicyclic) bond motifs is 1. The predicted octanol–water partition coefficient (Wildman–Crippen LogP) is 5.15. The second-order valence-electron chi connectivity index (χ2n) is 4.31. The van der Waals surface area contributed by atoms with Gasteiger partial charge in [-0.25, -0.2) is 4.39 Å². The quantitative estimate of drug-likeness (QED) is 0.663. The van der Waals surface area contributed by atoms with E-state index in [1.54, 1.807) is 24.3 Å². The Kier molecular flexibility index (Phi) is 3.13. The summed E-state index contributed by atoms with van der Waals surface area (Å²) in [5.41, 5.74) is 2.42. The Labute approximate surface area is 124 Å². The van der Waals surface area contributed by atoms with E-state index in [4.69, 9.17) is 23.2 Å². The van der Waals surface area contributed by atoms with E-state index in [0.29, 0.717) is 32.2 Å². The number of rotatable bonds is 1. The molecule has 1 heterocycles. The molecule has 0 saturated carbocycles. The standard InChI is InChI=1S/C15H7Cl2FN2/c16-12-3-1-8(5-13(12)17)15-11(7-19)10-6-9(18)2-4-14(10)20-15/h1-6,20H. The van der Waals surface area contributed by atoms with Crippen molar-refractivity contribution in [1.29, 1.82) is 5.26 Å². The summed E-state index contributed by atoms with van der Waals surface area (Å²) in [6.45, 7) is 0. The lowest BCUT2D eigenvalue weighted by molar-refractivity contribution is 0.629. The Morgan fingerprint density at radius 2 is 1.85 bits per heavy atom. The minimum absolute atomic E-state index is 0.381. The molecule has 0 atom stereocenters. The number of nitrogens with zero attached hydrogens (tertiary/aromatic N) is 1. The van der Waals surface area contributed by atoms with E-state index in [1.165, 1.54) is 12.1 Å². The molecule has 0 aliphatic rings. The first-order valence-corrected chi connectivity index (χ1v) is 6.52. The number of halogens is 3. The van der Waals surface area contributed by atoms with E-state index in [1.807, 2.05) is 0 Å². The summed E-state index contributed by atoms with van der Waals surface area (Å²) in [7, 11) is 0. The molecule has 0 fully saturated rings. The van der Waals surface area contributed by atoms with Gasteiger partial charge in [-0.3, -0.25) is 0 Å². The number of H-pyrrole nitrogens is 1. The highest BCUT2D eigenvalue weighted by Gasteiger charge is 2.14. The Hall–Kier alpha value is -2.02. The van der Waals surface area contributed by atoms with Gasteiger partial charge in [0.05, 0.1) is 21.3 Å². The van der Waals surface area contributed by atoms with Crippen molar-refractivity contribution >= 4 is 34.1 Å². The van der Waals surface area contributed by atoms with Crippen molar-refractivity contribution in [3.63, 3.8) is 0 Å². The van der Waals surface area contributed by atoms with Gasteiger partial charge in [-0.15, -0.1) is 0 Å². The maximum Gasteiger partial charge on any atom is 0.124 e. The first-order valence-electron chi connectivity index (χ1n) is 5.77. The number of aromatic nitrogens is 1. The Morgan fingerprint density at radius 1 is 1.05 bits per heavy atom. The van der Waals surface area contributed by atoms with E-state index >= 15 is 0 Å². The van der Waals surface area contributed by atoms with Gasteiger partial charge in [0, 0.05) is 16.5 Å². The zero-order chi connectivity index (χ0) is 14.3. The van der Waals surface area contributed by atoms with Crippen LogP contribution in [-0.4, -0.2) is 4.98 Å². The molecule has 0 spiro atoms. The third-order valence-electron chi connectivity index (χ3n) is 3.08. The van der Waals surface area contributed by atoms with Crippen LogP contribution in [0.4, 0.5) is 4.39 Å². The van der Waals surface area contributed by atoms with E-state index in [0.717, 1.165) is 5.56 Å². The van der Waals surface area contributed by atoms with Crippen molar-refractivity contribution in [2.75, 3.05) is 0 Å². The molecule has 20 heavy (non-hydrogen) atoms. The van der Waals surface area contributed by atoms with E-state index in [-0.39, 0.29) is 5.82 Å². The lowest BCUT2D eigenvalue weighted by Crippen LogP contribution is -1.82. The molecule has 0 radical (unpaired) electrons. The van der Waals surface area contributed by atoms with Crippen molar-refractivity contribution in [2.45, 2.75) is 0 Å². The molecule has 1 aromatic heterocycles. The van der Waals surface area contributed by atoms with Gasteiger partial charge in [-0.1, -0.05) is 29.3 Å². The summed E-state index contributed by atoms with van der Waals surface area (Å²) in [6, 6.07) is 11.5. The van der Waals surface area contributed by atoms with Crippen molar-refractivity contribution in [3.8, 4) is 17.3 Å². The lowest BCUT2D eigenvalue weighted by atomic mass is 10.1. The van der Waals surface area contributed by atoms with Crippen LogP contribution in [0.1, 0.15) is 5.56 Å². The summed E-state index contributed by atoms with van der Waals surface area (Å²) < 4.78 is 13.3. The first-order chi connectivity index (χ1) is 9.60. The highest BCUT2D eigenvalue weighted by atomic mass is 35.5. The van der Waals surface area contributed by atoms with Crippen LogP contribution in [0, 0.1) is 17.1 Å². The second kappa shape index (κ2) is 4.82. The Morgan fingerprint density at radius 3 is 2.55 bits per heavy atom. The van der Waals surface area contributed by atoms with E-state index in [2.05, 4.69) is 11.1 Å². The fourth-order valence-corrected chi connectivity index (χ4v) is 2.45. The average Bonchev–Trinajstić information content (AvgIpc) is 2.79. The van der Waals surface area contributed by atoms with Crippen LogP contribution in [-0.2, 0) is 0 Å². The smallest absolute Gasteiger partial charge is 0.124 e. The van der Waals surface area contributed by atoms with E-state index in [9.17, 15) is 9.65 Å². The molecule has 3 rings (SSSR count). The monoisotopic (exact) mass is 304 g/mol. The fourth-order valence-electron chi connectivity index (χ4n) is 2.15. The zero-order valence-corrected chi connectivity index (χ0v) is 11.6. The highest BCUT2D eigenvalue weighted by molar-refractivity contribution is 6.42. The van der Waals surface area contributed by atoms with Crippen molar-refractivity contribution in [1.82, 2.24) is 4.98 Å². The largest absolute Gasteiger partial charge is 0.353 e. The summed E-state index contributed by atoms with van der Waals surface area (Å²) >= 11 is 11.9. The van der Waals surface area contributed by atoms with Crippen molar-refractivity contribution in [3.05, 3.63) is 57.8 Å². The number of benzene rings is 2. The van der Waals surface area contributed by atoms with Crippen molar-refractivity contribution < 1.29 is 4.39 Å². The third-order valence-corrected chi connectivity index (χ3v) is 3.82. The fraction of sp³-hybridized carbons (Fsp3) is 0. The summed E-state index contributed by atoms with van der Waals surface area (Å²) in [4.78, 5) is 3.11. The summed E-state index contributed by atoms with van der Waals surface area (Å²) in [5, 5.41) is 10.7. The van der Waals surface area contributed by atoms with E-state index < -0.39 is 0 Å². The molecule has 0 amide bonds.